The molecular formula is C17H15N3O4S. The van der Waals surface area contributed by atoms with Gasteiger partial charge in [-0.2, -0.15) is 0 Å². The van der Waals surface area contributed by atoms with Gasteiger partial charge in [-0.1, -0.05) is 6.07 Å². The van der Waals surface area contributed by atoms with Crippen LogP contribution in [0.3, 0.4) is 0 Å². The van der Waals surface area contributed by atoms with Crippen molar-refractivity contribution in [2.45, 2.75) is 0 Å². The van der Waals surface area contributed by atoms with Gasteiger partial charge in [0.2, 0.25) is 0 Å². The Balaban J connectivity index is 1.63. The molecule has 0 unspecified atom stereocenters. The predicted molar refractivity (Wildman–Crippen MR) is 94.2 cm³/mol. The molecule has 0 bridgehead atoms. The lowest BCUT2D eigenvalue weighted by Gasteiger charge is -2.13. The average Bonchev–Trinajstić information content (AvgIpc) is 3.22. The van der Waals surface area contributed by atoms with Crippen LogP contribution in [0.25, 0.3) is 0 Å². The highest BCUT2D eigenvalue weighted by Gasteiger charge is 2.30. The summed E-state index contributed by atoms with van der Waals surface area (Å²) >= 11 is 1.36. The van der Waals surface area contributed by atoms with E-state index in [4.69, 9.17) is 5.11 Å². The van der Waals surface area contributed by atoms with Gasteiger partial charge in [0.25, 0.3) is 17.7 Å². The first-order chi connectivity index (χ1) is 12.1. The monoisotopic (exact) mass is 357 g/mol. The third-order valence-electron chi connectivity index (χ3n) is 3.50. The Morgan fingerprint density at radius 1 is 1.12 bits per heavy atom. The molecule has 1 aromatic carbocycles. The number of carbonyl (C=O) groups is 3. The van der Waals surface area contributed by atoms with Crippen LogP contribution in [0, 0.1) is 0 Å². The second-order valence-electron chi connectivity index (χ2n) is 5.21. The maximum atomic E-state index is 12.1. The van der Waals surface area contributed by atoms with Crippen LogP contribution in [0.1, 0.15) is 9.67 Å². The van der Waals surface area contributed by atoms with Crippen molar-refractivity contribution in [2.24, 2.45) is 0 Å². The Morgan fingerprint density at radius 2 is 1.84 bits per heavy atom. The molecule has 0 saturated carbocycles. The van der Waals surface area contributed by atoms with Crippen molar-refractivity contribution in [1.29, 1.82) is 0 Å². The summed E-state index contributed by atoms with van der Waals surface area (Å²) < 4.78 is 0. The SMILES string of the molecule is O=C(Nc1ccc(NC2=CC(=O)N(CCO)C2=O)cc1)c1cccs1. The fraction of sp³-hybridized carbons (Fsp3) is 0.118. The molecule has 2 heterocycles. The molecule has 0 atom stereocenters. The number of aliphatic hydroxyl groups excluding tert-OH is 1. The van der Waals surface area contributed by atoms with E-state index >= 15 is 0 Å². The second kappa shape index (κ2) is 7.29. The fourth-order valence-corrected chi connectivity index (χ4v) is 2.92. The van der Waals surface area contributed by atoms with Crippen LogP contribution in [-0.2, 0) is 9.59 Å². The van der Waals surface area contributed by atoms with Gasteiger partial charge in [-0.25, -0.2) is 0 Å². The Bertz CT molecular complexity index is 828. The number of benzene rings is 1. The number of anilines is 2. The summed E-state index contributed by atoms with van der Waals surface area (Å²) in [6.07, 6.45) is 1.20. The van der Waals surface area contributed by atoms with E-state index in [9.17, 15) is 14.4 Å². The molecule has 0 spiro atoms. The lowest BCUT2D eigenvalue weighted by Crippen LogP contribution is -2.34. The van der Waals surface area contributed by atoms with Gasteiger partial charge in [0.15, 0.2) is 0 Å². The highest BCUT2D eigenvalue weighted by molar-refractivity contribution is 7.12. The molecule has 128 valence electrons. The molecule has 3 N–H and O–H groups in total. The van der Waals surface area contributed by atoms with Crippen LogP contribution < -0.4 is 10.6 Å². The maximum Gasteiger partial charge on any atom is 0.277 e. The van der Waals surface area contributed by atoms with E-state index in [1.54, 1.807) is 36.4 Å². The number of hydrogen-bond acceptors (Lipinski definition) is 6. The Morgan fingerprint density at radius 3 is 2.48 bits per heavy atom. The fourth-order valence-electron chi connectivity index (χ4n) is 2.30. The van der Waals surface area contributed by atoms with Gasteiger partial charge in [0.1, 0.15) is 5.70 Å². The van der Waals surface area contributed by atoms with E-state index in [2.05, 4.69) is 10.6 Å². The first-order valence-corrected chi connectivity index (χ1v) is 8.37. The van der Waals surface area contributed by atoms with Crippen molar-refractivity contribution in [3.63, 3.8) is 0 Å². The summed E-state index contributed by atoms with van der Waals surface area (Å²) in [5.74, 6) is -1.12. The predicted octanol–water partition coefficient (Wildman–Crippen LogP) is 1.66. The molecule has 8 heteroatoms. The lowest BCUT2D eigenvalue weighted by molar-refractivity contribution is -0.137. The van der Waals surface area contributed by atoms with Gasteiger partial charge in [-0.15, -0.1) is 11.3 Å². The summed E-state index contributed by atoms with van der Waals surface area (Å²) in [5.41, 5.74) is 1.37. The highest BCUT2D eigenvalue weighted by atomic mass is 32.1. The number of nitrogens with one attached hydrogen (secondary N) is 2. The second-order valence-corrected chi connectivity index (χ2v) is 6.16. The maximum absolute atomic E-state index is 12.1. The van der Waals surface area contributed by atoms with E-state index in [1.807, 2.05) is 5.38 Å². The van der Waals surface area contributed by atoms with Crippen molar-refractivity contribution >= 4 is 40.4 Å². The summed E-state index contributed by atoms with van der Waals surface area (Å²) in [4.78, 5) is 37.3. The molecule has 1 aliphatic rings. The molecule has 3 rings (SSSR count). The average molecular weight is 357 g/mol. The smallest absolute Gasteiger partial charge is 0.277 e. The first kappa shape index (κ1) is 16.9. The normalized spacial score (nSPS) is 13.8. The van der Waals surface area contributed by atoms with Crippen molar-refractivity contribution < 1.29 is 19.5 Å². The van der Waals surface area contributed by atoms with Crippen molar-refractivity contribution in [2.75, 3.05) is 23.8 Å². The van der Waals surface area contributed by atoms with E-state index in [0.717, 1.165) is 4.90 Å². The van der Waals surface area contributed by atoms with Crippen molar-refractivity contribution in [1.82, 2.24) is 4.90 Å². The number of β-amino-alcohol motifs (C(OH)–C–C–N with tert-alkyl or cyclic N) is 1. The van der Waals surface area contributed by atoms with Crippen molar-refractivity contribution in [3.05, 3.63) is 58.4 Å². The van der Waals surface area contributed by atoms with Crippen LogP contribution in [-0.4, -0.2) is 40.9 Å². The molecule has 0 fully saturated rings. The van der Waals surface area contributed by atoms with Gasteiger partial charge in [0, 0.05) is 17.5 Å². The number of aliphatic hydroxyl groups is 1. The Labute approximate surface area is 147 Å². The number of carbonyl (C=O) groups excluding carboxylic acids is 3. The number of rotatable bonds is 6. The number of thiophene rings is 1. The highest BCUT2D eigenvalue weighted by Crippen LogP contribution is 2.20. The first-order valence-electron chi connectivity index (χ1n) is 7.49. The summed E-state index contributed by atoms with van der Waals surface area (Å²) in [6.45, 7) is -0.315. The quantitative estimate of drug-likeness (QED) is 0.683. The molecular weight excluding hydrogens is 342 g/mol. The zero-order chi connectivity index (χ0) is 17.8. The van der Waals surface area contributed by atoms with Gasteiger partial charge < -0.3 is 15.7 Å². The van der Waals surface area contributed by atoms with Crippen LogP contribution in [0.5, 0.6) is 0 Å². The zero-order valence-corrected chi connectivity index (χ0v) is 13.9. The van der Waals surface area contributed by atoms with Crippen LogP contribution in [0.15, 0.2) is 53.6 Å². The van der Waals surface area contributed by atoms with Crippen molar-refractivity contribution in [3.8, 4) is 0 Å². The minimum absolute atomic E-state index is 0.0347. The topological polar surface area (TPSA) is 98.7 Å². The standard InChI is InChI=1S/C17H15N3O4S/c21-8-7-20-15(22)10-13(17(20)24)18-11-3-5-12(6-4-11)19-16(23)14-2-1-9-25-14/h1-6,9-10,18,21H,7-8H2,(H,19,23). The van der Waals surface area contributed by atoms with E-state index in [0.29, 0.717) is 16.3 Å². The zero-order valence-electron chi connectivity index (χ0n) is 13.1. The van der Waals surface area contributed by atoms with Crippen LogP contribution in [0.2, 0.25) is 0 Å². The molecule has 0 saturated heterocycles. The molecule has 2 aromatic rings. The Hall–Kier alpha value is -2.97. The number of imide groups is 1. The molecule has 1 aliphatic heterocycles. The molecule has 0 radical (unpaired) electrons. The number of amides is 3. The third kappa shape index (κ3) is 3.76. The van der Waals surface area contributed by atoms with E-state index < -0.39 is 11.8 Å². The Kier molecular flexibility index (Phi) is 4.92. The largest absolute Gasteiger partial charge is 0.395 e. The van der Waals surface area contributed by atoms with Gasteiger partial charge >= 0.3 is 0 Å². The number of hydrogen-bond donors (Lipinski definition) is 3. The molecule has 7 nitrogen and oxygen atoms in total. The van der Waals surface area contributed by atoms with Crippen LogP contribution in [0.4, 0.5) is 11.4 Å². The molecule has 0 aliphatic carbocycles. The van der Waals surface area contributed by atoms with E-state index in [1.165, 1.54) is 17.4 Å². The molecule has 3 amide bonds. The minimum Gasteiger partial charge on any atom is -0.395 e. The third-order valence-corrected chi connectivity index (χ3v) is 4.37. The van der Waals surface area contributed by atoms with Gasteiger partial charge in [-0.3, -0.25) is 19.3 Å². The van der Waals surface area contributed by atoms with Gasteiger partial charge in [-0.05, 0) is 35.7 Å². The lowest BCUT2D eigenvalue weighted by atomic mass is 10.2. The van der Waals surface area contributed by atoms with E-state index in [-0.39, 0.29) is 24.8 Å². The van der Waals surface area contributed by atoms with Crippen LogP contribution >= 0.6 is 11.3 Å². The minimum atomic E-state index is -0.478. The van der Waals surface area contributed by atoms with Gasteiger partial charge in [0.05, 0.1) is 18.0 Å². The molecule has 25 heavy (non-hydrogen) atoms. The summed E-state index contributed by atoms with van der Waals surface area (Å²) in [5, 5.41) is 16.4. The number of nitrogens with zero attached hydrogens (tertiary/aromatic N) is 1. The summed E-state index contributed by atoms with van der Waals surface area (Å²) in [6, 6.07) is 10.3. The summed E-state index contributed by atoms with van der Waals surface area (Å²) in [7, 11) is 0. The molecule has 1 aromatic heterocycles.